The Labute approximate surface area is 121 Å². The van der Waals surface area contributed by atoms with Crippen LogP contribution in [0.5, 0.6) is 0 Å². The molecule has 0 N–H and O–H groups in total. The SMILES string of the molecule is CN(Cc1ccc(Cl)cc1)C(=O)c1cnccc1Cl. The topological polar surface area (TPSA) is 33.2 Å². The van der Waals surface area contributed by atoms with Gasteiger partial charge in [0.15, 0.2) is 0 Å². The highest BCUT2D eigenvalue weighted by Gasteiger charge is 2.15. The highest BCUT2D eigenvalue weighted by molar-refractivity contribution is 6.33. The zero-order valence-corrected chi connectivity index (χ0v) is 11.8. The third kappa shape index (κ3) is 3.46. The van der Waals surface area contributed by atoms with Gasteiger partial charge in [-0.25, -0.2) is 0 Å². The van der Waals surface area contributed by atoms with Gasteiger partial charge in [-0.15, -0.1) is 0 Å². The van der Waals surface area contributed by atoms with Crippen LogP contribution in [0.4, 0.5) is 0 Å². The van der Waals surface area contributed by atoms with Crippen molar-refractivity contribution >= 4 is 29.1 Å². The summed E-state index contributed by atoms with van der Waals surface area (Å²) < 4.78 is 0. The van der Waals surface area contributed by atoms with E-state index >= 15 is 0 Å². The molecule has 3 nitrogen and oxygen atoms in total. The largest absolute Gasteiger partial charge is 0.337 e. The van der Waals surface area contributed by atoms with Crippen molar-refractivity contribution in [3.8, 4) is 0 Å². The molecule has 0 saturated heterocycles. The first-order chi connectivity index (χ1) is 9.08. The molecule has 0 aliphatic heterocycles. The molecular weight excluding hydrogens is 283 g/mol. The summed E-state index contributed by atoms with van der Waals surface area (Å²) in [5, 5.41) is 1.08. The van der Waals surface area contributed by atoms with E-state index in [0.717, 1.165) is 5.56 Å². The van der Waals surface area contributed by atoms with E-state index in [-0.39, 0.29) is 5.91 Å². The van der Waals surface area contributed by atoms with Gasteiger partial charge in [0.2, 0.25) is 0 Å². The van der Waals surface area contributed by atoms with Crippen molar-refractivity contribution in [2.75, 3.05) is 7.05 Å². The summed E-state index contributed by atoms with van der Waals surface area (Å²) >= 11 is 11.8. The second-order valence-electron chi connectivity index (χ2n) is 4.14. The lowest BCUT2D eigenvalue weighted by Crippen LogP contribution is -2.26. The number of carbonyl (C=O) groups excluding carboxylic acids is 1. The Morgan fingerprint density at radius 2 is 1.89 bits per heavy atom. The van der Waals surface area contributed by atoms with E-state index < -0.39 is 0 Å². The molecule has 0 aliphatic carbocycles. The molecule has 0 unspecified atom stereocenters. The predicted molar refractivity (Wildman–Crippen MR) is 76.5 cm³/mol. The Balaban J connectivity index is 2.12. The molecule has 0 saturated carbocycles. The number of hydrogen-bond acceptors (Lipinski definition) is 2. The lowest BCUT2D eigenvalue weighted by atomic mass is 10.2. The Morgan fingerprint density at radius 1 is 1.21 bits per heavy atom. The lowest BCUT2D eigenvalue weighted by molar-refractivity contribution is 0.0785. The van der Waals surface area contributed by atoms with Gasteiger partial charge >= 0.3 is 0 Å². The van der Waals surface area contributed by atoms with E-state index in [9.17, 15) is 4.79 Å². The predicted octanol–water partition coefficient (Wildman–Crippen LogP) is 3.66. The molecule has 0 atom stereocenters. The number of nitrogens with zero attached hydrogens (tertiary/aromatic N) is 2. The standard InChI is InChI=1S/C14H12Cl2N2O/c1-18(9-10-2-4-11(15)5-3-10)14(19)12-8-17-7-6-13(12)16/h2-8H,9H2,1H3. The van der Waals surface area contributed by atoms with Crippen LogP contribution < -0.4 is 0 Å². The molecule has 0 fully saturated rings. The van der Waals surface area contributed by atoms with Crippen molar-refractivity contribution in [3.05, 3.63) is 63.9 Å². The van der Waals surface area contributed by atoms with Crippen LogP contribution in [-0.4, -0.2) is 22.8 Å². The molecule has 5 heteroatoms. The fourth-order valence-corrected chi connectivity index (χ4v) is 1.99. The number of aromatic nitrogens is 1. The van der Waals surface area contributed by atoms with E-state index in [1.807, 2.05) is 12.1 Å². The van der Waals surface area contributed by atoms with Crippen LogP contribution in [0.3, 0.4) is 0 Å². The first kappa shape index (κ1) is 13.8. The molecule has 98 valence electrons. The number of pyridine rings is 1. The Morgan fingerprint density at radius 3 is 2.53 bits per heavy atom. The summed E-state index contributed by atoms with van der Waals surface area (Å²) in [5.41, 5.74) is 1.40. The minimum absolute atomic E-state index is 0.159. The number of rotatable bonds is 3. The molecule has 0 spiro atoms. The summed E-state index contributed by atoms with van der Waals surface area (Å²) in [4.78, 5) is 17.7. The number of benzene rings is 1. The highest BCUT2D eigenvalue weighted by atomic mass is 35.5. The van der Waals surface area contributed by atoms with Crippen LogP contribution in [0.1, 0.15) is 15.9 Å². The molecule has 1 amide bonds. The Kier molecular flexibility index (Phi) is 4.40. The summed E-state index contributed by atoms with van der Waals surface area (Å²) in [7, 11) is 1.72. The van der Waals surface area contributed by atoms with Crippen LogP contribution in [0.25, 0.3) is 0 Å². The van der Waals surface area contributed by atoms with E-state index in [1.54, 1.807) is 36.3 Å². The fraction of sp³-hybridized carbons (Fsp3) is 0.143. The van der Waals surface area contributed by atoms with Gasteiger partial charge < -0.3 is 4.90 Å². The first-order valence-electron chi connectivity index (χ1n) is 5.67. The van der Waals surface area contributed by atoms with Crippen LogP contribution in [0.2, 0.25) is 10.0 Å². The molecule has 2 aromatic rings. The van der Waals surface area contributed by atoms with Crippen LogP contribution >= 0.6 is 23.2 Å². The maximum atomic E-state index is 12.2. The minimum Gasteiger partial charge on any atom is -0.337 e. The van der Waals surface area contributed by atoms with E-state index in [0.29, 0.717) is 22.2 Å². The Bertz CT molecular complexity index is 584. The number of carbonyl (C=O) groups is 1. The normalized spacial score (nSPS) is 10.3. The van der Waals surface area contributed by atoms with Gasteiger partial charge in [0, 0.05) is 31.0 Å². The van der Waals surface area contributed by atoms with Crippen molar-refractivity contribution in [1.29, 1.82) is 0 Å². The number of halogens is 2. The maximum Gasteiger partial charge on any atom is 0.256 e. The quantitative estimate of drug-likeness (QED) is 0.865. The van der Waals surface area contributed by atoms with E-state index in [1.165, 1.54) is 6.20 Å². The monoisotopic (exact) mass is 294 g/mol. The van der Waals surface area contributed by atoms with Crippen LogP contribution in [0, 0.1) is 0 Å². The zero-order chi connectivity index (χ0) is 13.8. The molecular formula is C14H12Cl2N2O. The minimum atomic E-state index is -0.159. The van der Waals surface area contributed by atoms with Gasteiger partial charge in [0.05, 0.1) is 10.6 Å². The average molecular weight is 295 g/mol. The molecule has 0 bridgehead atoms. The van der Waals surface area contributed by atoms with Gasteiger partial charge in [0.25, 0.3) is 5.91 Å². The molecule has 0 radical (unpaired) electrons. The molecule has 1 heterocycles. The fourth-order valence-electron chi connectivity index (χ4n) is 1.68. The van der Waals surface area contributed by atoms with Crippen LogP contribution in [-0.2, 0) is 6.54 Å². The smallest absolute Gasteiger partial charge is 0.256 e. The van der Waals surface area contributed by atoms with Crippen molar-refractivity contribution in [2.45, 2.75) is 6.54 Å². The third-order valence-corrected chi connectivity index (χ3v) is 3.26. The third-order valence-electron chi connectivity index (χ3n) is 2.68. The van der Waals surface area contributed by atoms with Gasteiger partial charge in [0.1, 0.15) is 0 Å². The first-order valence-corrected chi connectivity index (χ1v) is 6.43. The summed E-state index contributed by atoms with van der Waals surface area (Å²) in [5.74, 6) is -0.159. The van der Waals surface area contributed by atoms with Gasteiger partial charge in [-0.05, 0) is 23.8 Å². The summed E-state index contributed by atoms with van der Waals surface area (Å²) in [6.07, 6.45) is 3.03. The molecule has 1 aromatic heterocycles. The second-order valence-corrected chi connectivity index (χ2v) is 4.99. The number of amides is 1. The van der Waals surface area contributed by atoms with Crippen molar-refractivity contribution in [3.63, 3.8) is 0 Å². The van der Waals surface area contributed by atoms with Gasteiger partial charge in [-0.3, -0.25) is 9.78 Å². The van der Waals surface area contributed by atoms with Gasteiger partial charge in [-0.2, -0.15) is 0 Å². The maximum absolute atomic E-state index is 12.2. The zero-order valence-electron chi connectivity index (χ0n) is 10.3. The summed E-state index contributed by atoms with van der Waals surface area (Å²) in [6, 6.07) is 8.97. The molecule has 1 aromatic carbocycles. The molecule has 0 aliphatic rings. The molecule has 2 rings (SSSR count). The molecule has 19 heavy (non-hydrogen) atoms. The van der Waals surface area contributed by atoms with Gasteiger partial charge in [-0.1, -0.05) is 35.3 Å². The average Bonchev–Trinajstić information content (AvgIpc) is 2.41. The second kappa shape index (κ2) is 6.04. The lowest BCUT2D eigenvalue weighted by Gasteiger charge is -2.17. The van der Waals surface area contributed by atoms with Crippen molar-refractivity contribution in [2.24, 2.45) is 0 Å². The van der Waals surface area contributed by atoms with E-state index in [2.05, 4.69) is 4.98 Å². The van der Waals surface area contributed by atoms with Crippen LogP contribution in [0.15, 0.2) is 42.7 Å². The Hall–Kier alpha value is -1.58. The number of hydrogen-bond donors (Lipinski definition) is 0. The van der Waals surface area contributed by atoms with E-state index in [4.69, 9.17) is 23.2 Å². The van der Waals surface area contributed by atoms with Crippen molar-refractivity contribution in [1.82, 2.24) is 9.88 Å². The van der Waals surface area contributed by atoms with Crippen molar-refractivity contribution < 1.29 is 4.79 Å². The highest BCUT2D eigenvalue weighted by Crippen LogP contribution is 2.17. The summed E-state index contributed by atoms with van der Waals surface area (Å²) in [6.45, 7) is 0.487.